The fourth-order valence-corrected chi connectivity index (χ4v) is 4.17. The number of methoxy groups -OCH3 is 1. The van der Waals surface area contributed by atoms with E-state index in [0.717, 1.165) is 56.9 Å². The molecule has 2 saturated heterocycles. The molecular formula is C23H29N3O2. The summed E-state index contributed by atoms with van der Waals surface area (Å²) in [7, 11) is 1.71. The van der Waals surface area contributed by atoms with Crippen LogP contribution >= 0.6 is 0 Å². The van der Waals surface area contributed by atoms with Crippen LogP contribution in [0.25, 0.3) is 0 Å². The van der Waals surface area contributed by atoms with Crippen LogP contribution in [-0.2, 0) is 11.3 Å². The Morgan fingerprint density at radius 3 is 2.57 bits per heavy atom. The third-order valence-electron chi connectivity index (χ3n) is 5.80. The Hall–Kier alpha value is -2.53. The molecule has 0 aromatic heterocycles. The van der Waals surface area contributed by atoms with Crippen LogP contribution in [0, 0.1) is 0 Å². The summed E-state index contributed by atoms with van der Waals surface area (Å²) in [6, 6.07) is 17.2. The molecule has 1 amide bonds. The molecule has 2 heterocycles. The number of benzene rings is 2. The second kappa shape index (κ2) is 8.65. The van der Waals surface area contributed by atoms with Crippen LogP contribution in [0.2, 0.25) is 0 Å². The van der Waals surface area contributed by atoms with E-state index in [1.54, 1.807) is 7.11 Å². The summed E-state index contributed by atoms with van der Waals surface area (Å²) in [5.74, 6) is 1.16. The van der Waals surface area contributed by atoms with Gasteiger partial charge in [0.25, 0.3) is 0 Å². The fraction of sp³-hybridized carbons (Fsp3) is 0.435. The number of anilines is 2. The van der Waals surface area contributed by atoms with E-state index in [0.29, 0.717) is 12.5 Å². The minimum absolute atomic E-state index is 0.248. The van der Waals surface area contributed by atoms with Crippen molar-refractivity contribution in [2.75, 3.05) is 36.5 Å². The van der Waals surface area contributed by atoms with Crippen LogP contribution in [0.5, 0.6) is 5.75 Å². The first-order valence-corrected chi connectivity index (χ1v) is 10.2. The minimum Gasteiger partial charge on any atom is -0.497 e. The first-order valence-electron chi connectivity index (χ1n) is 10.2. The van der Waals surface area contributed by atoms with Crippen molar-refractivity contribution in [3.05, 3.63) is 54.1 Å². The number of amides is 1. The Kier molecular flexibility index (Phi) is 5.81. The molecule has 2 aromatic rings. The quantitative estimate of drug-likeness (QED) is 0.833. The molecule has 0 unspecified atom stereocenters. The summed E-state index contributed by atoms with van der Waals surface area (Å²) < 4.78 is 5.30. The molecule has 2 fully saturated rings. The van der Waals surface area contributed by atoms with E-state index in [1.807, 2.05) is 17.0 Å². The van der Waals surface area contributed by atoms with E-state index < -0.39 is 0 Å². The Morgan fingerprint density at radius 1 is 1.04 bits per heavy atom. The Morgan fingerprint density at radius 2 is 1.82 bits per heavy atom. The number of rotatable bonds is 6. The average molecular weight is 380 g/mol. The number of ether oxygens (including phenoxy) is 1. The molecule has 1 N–H and O–H groups in total. The molecule has 0 atom stereocenters. The van der Waals surface area contributed by atoms with Crippen molar-refractivity contribution in [1.29, 1.82) is 0 Å². The number of carbonyl (C=O) groups is 1. The van der Waals surface area contributed by atoms with Gasteiger partial charge >= 0.3 is 0 Å². The lowest BCUT2D eigenvalue weighted by Gasteiger charge is -2.34. The second-order valence-corrected chi connectivity index (χ2v) is 7.66. The van der Waals surface area contributed by atoms with Crippen molar-refractivity contribution in [2.24, 2.45) is 0 Å². The lowest BCUT2D eigenvalue weighted by atomic mass is 10.0. The zero-order valence-corrected chi connectivity index (χ0v) is 16.6. The number of nitrogens with zero attached hydrogens (tertiary/aromatic N) is 2. The minimum atomic E-state index is 0.248. The normalized spacial score (nSPS) is 18.0. The zero-order valence-electron chi connectivity index (χ0n) is 16.6. The average Bonchev–Trinajstić information content (AvgIpc) is 3.19. The highest BCUT2D eigenvalue weighted by atomic mass is 16.5. The van der Waals surface area contributed by atoms with Gasteiger partial charge in [-0.25, -0.2) is 0 Å². The molecule has 2 aliphatic heterocycles. The smallest absolute Gasteiger partial charge is 0.227 e. The zero-order chi connectivity index (χ0) is 19.3. The lowest BCUT2D eigenvalue weighted by molar-refractivity contribution is -0.117. The van der Waals surface area contributed by atoms with Crippen LogP contribution in [0.4, 0.5) is 11.4 Å². The summed E-state index contributed by atoms with van der Waals surface area (Å²) in [4.78, 5) is 16.4. The van der Waals surface area contributed by atoms with Crippen molar-refractivity contribution in [3.8, 4) is 5.75 Å². The highest BCUT2D eigenvalue weighted by molar-refractivity contribution is 5.95. The molecule has 5 heteroatoms. The predicted octanol–water partition coefficient (Wildman–Crippen LogP) is 3.58. The van der Waals surface area contributed by atoms with Gasteiger partial charge < -0.3 is 19.9 Å². The van der Waals surface area contributed by atoms with Crippen LogP contribution in [0.1, 0.15) is 31.2 Å². The van der Waals surface area contributed by atoms with Gasteiger partial charge in [0.1, 0.15) is 5.75 Å². The van der Waals surface area contributed by atoms with E-state index in [2.05, 4.69) is 46.6 Å². The lowest BCUT2D eigenvalue weighted by Crippen LogP contribution is -2.42. The number of hydrogen-bond acceptors (Lipinski definition) is 4. The molecule has 0 saturated carbocycles. The maximum Gasteiger partial charge on any atom is 0.227 e. The summed E-state index contributed by atoms with van der Waals surface area (Å²) >= 11 is 0. The standard InChI is InChI=1S/C23H29N3O2/c1-28-22-8-2-5-18(15-22)17-24-19-10-13-25(14-11-19)20-6-3-7-21(16-20)26-12-4-9-23(26)27/h2-3,5-8,15-16,19,24H,4,9-14,17H2,1H3. The van der Waals surface area contributed by atoms with E-state index >= 15 is 0 Å². The van der Waals surface area contributed by atoms with E-state index in [9.17, 15) is 4.79 Å². The van der Waals surface area contributed by atoms with E-state index in [4.69, 9.17) is 4.74 Å². The largest absolute Gasteiger partial charge is 0.497 e. The highest BCUT2D eigenvalue weighted by Crippen LogP contribution is 2.28. The molecule has 148 valence electrons. The van der Waals surface area contributed by atoms with Gasteiger partial charge in [-0.05, 0) is 55.2 Å². The first kappa shape index (κ1) is 18.8. The summed E-state index contributed by atoms with van der Waals surface area (Å²) in [5, 5.41) is 3.69. The summed E-state index contributed by atoms with van der Waals surface area (Å²) in [6.07, 6.45) is 3.88. The number of nitrogens with one attached hydrogen (secondary N) is 1. The number of hydrogen-bond donors (Lipinski definition) is 1. The van der Waals surface area contributed by atoms with Gasteiger partial charge in [-0.15, -0.1) is 0 Å². The van der Waals surface area contributed by atoms with Crippen molar-refractivity contribution >= 4 is 17.3 Å². The van der Waals surface area contributed by atoms with Gasteiger partial charge in [0.15, 0.2) is 0 Å². The molecule has 5 nitrogen and oxygen atoms in total. The number of piperidine rings is 1. The summed E-state index contributed by atoms with van der Waals surface area (Å²) in [6.45, 7) is 3.79. The molecule has 28 heavy (non-hydrogen) atoms. The van der Waals surface area contributed by atoms with Gasteiger partial charge in [0, 0.05) is 50.0 Å². The van der Waals surface area contributed by atoms with Gasteiger partial charge in [0.05, 0.1) is 7.11 Å². The third-order valence-corrected chi connectivity index (χ3v) is 5.80. The van der Waals surface area contributed by atoms with Crippen molar-refractivity contribution < 1.29 is 9.53 Å². The van der Waals surface area contributed by atoms with E-state index in [1.165, 1.54) is 11.3 Å². The van der Waals surface area contributed by atoms with Crippen LogP contribution in [0.15, 0.2) is 48.5 Å². The molecule has 2 aromatic carbocycles. The van der Waals surface area contributed by atoms with Gasteiger partial charge in [0.2, 0.25) is 5.91 Å². The van der Waals surface area contributed by atoms with Gasteiger partial charge in [-0.2, -0.15) is 0 Å². The summed E-state index contributed by atoms with van der Waals surface area (Å²) in [5.41, 5.74) is 3.52. The highest BCUT2D eigenvalue weighted by Gasteiger charge is 2.23. The molecule has 0 aliphatic carbocycles. The van der Waals surface area contributed by atoms with Crippen LogP contribution in [0.3, 0.4) is 0 Å². The molecule has 0 bridgehead atoms. The van der Waals surface area contributed by atoms with Crippen molar-refractivity contribution in [3.63, 3.8) is 0 Å². The Balaban J connectivity index is 1.31. The van der Waals surface area contributed by atoms with Crippen LogP contribution < -0.4 is 19.9 Å². The molecule has 2 aliphatic rings. The van der Waals surface area contributed by atoms with Gasteiger partial charge in [-0.3, -0.25) is 4.79 Å². The van der Waals surface area contributed by atoms with Gasteiger partial charge in [-0.1, -0.05) is 18.2 Å². The topological polar surface area (TPSA) is 44.8 Å². The van der Waals surface area contributed by atoms with Crippen molar-refractivity contribution in [2.45, 2.75) is 38.3 Å². The SMILES string of the molecule is COc1cccc(CNC2CCN(c3cccc(N4CCCC4=O)c3)CC2)c1. The molecular weight excluding hydrogens is 350 g/mol. The maximum atomic E-state index is 12.0. The maximum absolute atomic E-state index is 12.0. The molecule has 0 spiro atoms. The Bertz CT molecular complexity index is 815. The Labute approximate surface area is 167 Å². The third kappa shape index (κ3) is 4.30. The van der Waals surface area contributed by atoms with Crippen molar-refractivity contribution in [1.82, 2.24) is 5.32 Å². The predicted molar refractivity (Wildman–Crippen MR) is 113 cm³/mol. The fourth-order valence-electron chi connectivity index (χ4n) is 4.17. The molecule has 4 rings (SSSR count). The second-order valence-electron chi connectivity index (χ2n) is 7.66. The first-order chi connectivity index (χ1) is 13.7. The monoisotopic (exact) mass is 379 g/mol. The number of carbonyl (C=O) groups excluding carboxylic acids is 1. The van der Waals surface area contributed by atoms with Crippen LogP contribution in [-0.4, -0.2) is 38.7 Å². The molecule has 0 radical (unpaired) electrons. The van der Waals surface area contributed by atoms with E-state index in [-0.39, 0.29) is 5.91 Å².